The Kier molecular flexibility index (Phi) is 2.87. The summed E-state index contributed by atoms with van der Waals surface area (Å²) in [6, 6.07) is 12.3. The number of carboxylic acids is 1. The number of ether oxygens (including phenoxy) is 1. The van der Waals surface area contributed by atoms with Gasteiger partial charge in [0, 0.05) is 0 Å². The van der Waals surface area contributed by atoms with Crippen molar-refractivity contribution in [3.05, 3.63) is 48.0 Å². The van der Waals surface area contributed by atoms with Crippen molar-refractivity contribution in [1.29, 1.82) is 0 Å². The van der Waals surface area contributed by atoms with Crippen molar-refractivity contribution in [3.8, 4) is 17.1 Å². The largest absolute Gasteiger partial charge is 0.496 e. The number of nitrogens with zero attached hydrogens (tertiary/aromatic N) is 1. The summed E-state index contributed by atoms with van der Waals surface area (Å²) in [5.74, 6) is 0.185. The Labute approximate surface area is 114 Å². The van der Waals surface area contributed by atoms with Crippen molar-refractivity contribution < 1.29 is 14.6 Å². The minimum atomic E-state index is -0.981. The first-order valence-electron chi connectivity index (χ1n) is 6.05. The van der Waals surface area contributed by atoms with Crippen LogP contribution in [0.5, 0.6) is 5.75 Å². The lowest BCUT2D eigenvalue weighted by molar-refractivity contribution is 0.0697. The molecule has 0 amide bonds. The van der Waals surface area contributed by atoms with Gasteiger partial charge >= 0.3 is 5.97 Å². The zero-order chi connectivity index (χ0) is 14.1. The molecular formula is C15H12N2O3. The van der Waals surface area contributed by atoms with Gasteiger partial charge in [-0.3, -0.25) is 0 Å². The molecule has 0 atom stereocenters. The molecule has 0 fully saturated rings. The summed E-state index contributed by atoms with van der Waals surface area (Å²) in [7, 11) is 1.54. The molecule has 0 spiro atoms. The first-order chi connectivity index (χ1) is 9.69. The Morgan fingerprint density at radius 1 is 1.25 bits per heavy atom. The number of aromatic carboxylic acids is 1. The molecule has 0 aliphatic carbocycles. The maximum absolute atomic E-state index is 11.1. The van der Waals surface area contributed by atoms with E-state index < -0.39 is 5.97 Å². The van der Waals surface area contributed by atoms with Crippen molar-refractivity contribution >= 4 is 17.0 Å². The standard InChI is InChI=1S/C15H12N2O3/c1-20-13-7-6-9(15(18)19)8-10(13)14-16-11-4-2-3-5-12(11)17-14/h2-8H,1H3,(H,16,17)(H,18,19). The third-order valence-corrected chi connectivity index (χ3v) is 3.09. The molecule has 3 rings (SSSR count). The normalized spacial score (nSPS) is 10.7. The van der Waals surface area contributed by atoms with Crippen LogP contribution >= 0.6 is 0 Å². The number of rotatable bonds is 3. The molecule has 2 aromatic carbocycles. The van der Waals surface area contributed by atoms with Crippen LogP contribution < -0.4 is 4.74 Å². The number of aromatic amines is 1. The number of hydrogen-bond donors (Lipinski definition) is 2. The van der Waals surface area contributed by atoms with E-state index in [9.17, 15) is 4.79 Å². The average molecular weight is 268 g/mol. The quantitative estimate of drug-likeness (QED) is 0.765. The molecule has 2 N–H and O–H groups in total. The molecule has 0 radical (unpaired) electrons. The number of fused-ring (bicyclic) bond motifs is 1. The lowest BCUT2D eigenvalue weighted by Crippen LogP contribution is -1.98. The highest BCUT2D eigenvalue weighted by Crippen LogP contribution is 2.30. The number of benzene rings is 2. The van der Waals surface area contributed by atoms with E-state index in [-0.39, 0.29) is 5.56 Å². The van der Waals surface area contributed by atoms with Gasteiger partial charge in [0.15, 0.2) is 0 Å². The Morgan fingerprint density at radius 3 is 2.75 bits per heavy atom. The van der Waals surface area contributed by atoms with E-state index in [1.165, 1.54) is 6.07 Å². The predicted octanol–water partition coefficient (Wildman–Crippen LogP) is 2.94. The summed E-state index contributed by atoms with van der Waals surface area (Å²) in [6.45, 7) is 0. The van der Waals surface area contributed by atoms with Crippen molar-refractivity contribution in [2.24, 2.45) is 0 Å². The topological polar surface area (TPSA) is 75.2 Å². The predicted molar refractivity (Wildman–Crippen MR) is 75.0 cm³/mol. The number of nitrogens with one attached hydrogen (secondary N) is 1. The number of carboxylic acid groups (broad SMARTS) is 1. The molecule has 0 saturated heterocycles. The Bertz CT molecular complexity index is 760. The van der Waals surface area contributed by atoms with E-state index in [4.69, 9.17) is 9.84 Å². The van der Waals surface area contributed by atoms with Crippen molar-refractivity contribution in [3.63, 3.8) is 0 Å². The summed E-state index contributed by atoms with van der Waals surface area (Å²) >= 11 is 0. The highest BCUT2D eigenvalue weighted by molar-refractivity contribution is 5.90. The Hall–Kier alpha value is -2.82. The van der Waals surface area contributed by atoms with Crippen molar-refractivity contribution in [2.45, 2.75) is 0 Å². The number of carbonyl (C=O) groups is 1. The maximum Gasteiger partial charge on any atom is 0.335 e. The van der Waals surface area contributed by atoms with Crippen LogP contribution in [0.25, 0.3) is 22.4 Å². The van der Waals surface area contributed by atoms with Crippen LogP contribution in [0.4, 0.5) is 0 Å². The van der Waals surface area contributed by atoms with Crippen LogP contribution in [0.15, 0.2) is 42.5 Å². The first-order valence-corrected chi connectivity index (χ1v) is 6.05. The zero-order valence-electron chi connectivity index (χ0n) is 10.8. The Morgan fingerprint density at radius 2 is 2.05 bits per heavy atom. The van der Waals surface area contributed by atoms with Gasteiger partial charge in [-0.1, -0.05) is 12.1 Å². The lowest BCUT2D eigenvalue weighted by Gasteiger charge is -2.07. The van der Waals surface area contributed by atoms with Gasteiger partial charge in [-0.05, 0) is 30.3 Å². The fourth-order valence-electron chi connectivity index (χ4n) is 2.11. The highest BCUT2D eigenvalue weighted by atomic mass is 16.5. The average Bonchev–Trinajstić information content (AvgIpc) is 2.90. The molecule has 0 aliphatic rings. The minimum absolute atomic E-state index is 0.196. The van der Waals surface area contributed by atoms with Gasteiger partial charge in [0.1, 0.15) is 11.6 Å². The van der Waals surface area contributed by atoms with Crippen LogP contribution in [-0.4, -0.2) is 28.2 Å². The molecule has 0 unspecified atom stereocenters. The van der Waals surface area contributed by atoms with E-state index in [1.54, 1.807) is 19.2 Å². The van der Waals surface area contributed by atoms with Crippen molar-refractivity contribution in [2.75, 3.05) is 7.11 Å². The smallest absolute Gasteiger partial charge is 0.335 e. The zero-order valence-corrected chi connectivity index (χ0v) is 10.8. The number of para-hydroxylation sites is 2. The number of aromatic nitrogens is 2. The summed E-state index contributed by atoms with van der Waals surface area (Å²) in [4.78, 5) is 18.7. The molecule has 20 heavy (non-hydrogen) atoms. The van der Waals surface area contributed by atoms with Crippen LogP contribution in [0.3, 0.4) is 0 Å². The van der Waals surface area contributed by atoms with Crippen molar-refractivity contribution in [1.82, 2.24) is 9.97 Å². The van der Waals surface area contributed by atoms with E-state index >= 15 is 0 Å². The molecule has 5 nitrogen and oxygen atoms in total. The first kappa shape index (κ1) is 12.2. The van der Waals surface area contributed by atoms with Gasteiger partial charge < -0.3 is 14.8 Å². The third kappa shape index (κ3) is 1.99. The van der Waals surface area contributed by atoms with E-state index in [0.29, 0.717) is 17.1 Å². The summed E-state index contributed by atoms with van der Waals surface area (Å²) < 4.78 is 5.28. The fraction of sp³-hybridized carbons (Fsp3) is 0.0667. The number of H-pyrrole nitrogens is 1. The molecular weight excluding hydrogens is 256 g/mol. The molecule has 100 valence electrons. The molecule has 1 heterocycles. The molecule has 3 aromatic rings. The molecule has 5 heteroatoms. The monoisotopic (exact) mass is 268 g/mol. The van der Waals surface area contributed by atoms with E-state index in [0.717, 1.165) is 11.0 Å². The Balaban J connectivity index is 2.20. The van der Waals surface area contributed by atoms with Gasteiger partial charge in [-0.25, -0.2) is 9.78 Å². The second-order valence-corrected chi connectivity index (χ2v) is 4.32. The van der Waals surface area contributed by atoms with Gasteiger partial charge in [-0.2, -0.15) is 0 Å². The molecule has 1 aromatic heterocycles. The number of methoxy groups -OCH3 is 1. The van der Waals surface area contributed by atoms with Crippen LogP contribution in [-0.2, 0) is 0 Å². The van der Waals surface area contributed by atoms with Crippen LogP contribution in [0, 0.1) is 0 Å². The summed E-state index contributed by atoms with van der Waals surface area (Å²) in [5, 5.41) is 9.09. The lowest BCUT2D eigenvalue weighted by atomic mass is 10.1. The van der Waals surface area contributed by atoms with Gasteiger partial charge in [0.25, 0.3) is 0 Å². The highest BCUT2D eigenvalue weighted by Gasteiger charge is 2.13. The third-order valence-electron chi connectivity index (χ3n) is 3.09. The summed E-state index contributed by atoms with van der Waals surface area (Å²) in [5.41, 5.74) is 2.54. The van der Waals surface area contributed by atoms with Crippen LogP contribution in [0.1, 0.15) is 10.4 Å². The number of imidazole rings is 1. The molecule has 0 saturated carbocycles. The second kappa shape index (κ2) is 4.70. The maximum atomic E-state index is 11.1. The fourth-order valence-corrected chi connectivity index (χ4v) is 2.11. The van der Waals surface area contributed by atoms with Gasteiger partial charge in [0.2, 0.25) is 0 Å². The SMILES string of the molecule is COc1ccc(C(=O)O)cc1-c1nc2ccccc2[nH]1. The van der Waals surface area contributed by atoms with E-state index in [2.05, 4.69) is 9.97 Å². The van der Waals surface area contributed by atoms with Crippen LogP contribution in [0.2, 0.25) is 0 Å². The summed E-state index contributed by atoms with van der Waals surface area (Å²) in [6.07, 6.45) is 0. The minimum Gasteiger partial charge on any atom is -0.496 e. The van der Waals surface area contributed by atoms with Gasteiger partial charge in [0.05, 0.1) is 29.3 Å². The second-order valence-electron chi connectivity index (χ2n) is 4.32. The molecule has 0 aliphatic heterocycles. The molecule has 0 bridgehead atoms. The number of hydrogen-bond acceptors (Lipinski definition) is 3. The van der Waals surface area contributed by atoms with E-state index in [1.807, 2.05) is 24.3 Å². The van der Waals surface area contributed by atoms with Gasteiger partial charge in [-0.15, -0.1) is 0 Å².